The zero-order valence-electron chi connectivity index (χ0n) is 22.8. The van der Waals surface area contributed by atoms with Gasteiger partial charge in [0.15, 0.2) is 5.82 Å². The molecule has 2 aromatic heterocycles. The van der Waals surface area contributed by atoms with Crippen LogP contribution in [-0.2, 0) is 10.0 Å². The zero-order valence-corrected chi connectivity index (χ0v) is 23.6. The minimum absolute atomic E-state index is 0.00766. The first-order valence-corrected chi connectivity index (χ1v) is 14.0. The van der Waals surface area contributed by atoms with Crippen molar-refractivity contribution >= 4 is 50.4 Å². The molecule has 3 aromatic carbocycles. The van der Waals surface area contributed by atoms with Gasteiger partial charge in [0.1, 0.15) is 5.75 Å². The first-order chi connectivity index (χ1) is 19.5. The number of rotatable bonds is 8. The van der Waals surface area contributed by atoms with Gasteiger partial charge in [-0.3, -0.25) is 15.1 Å². The van der Waals surface area contributed by atoms with Crippen molar-refractivity contribution in [2.24, 2.45) is 5.14 Å². The summed E-state index contributed by atoms with van der Waals surface area (Å²) in [6.07, 6.45) is 1.57. The Morgan fingerprint density at radius 2 is 1.76 bits per heavy atom. The number of methoxy groups -OCH3 is 1. The van der Waals surface area contributed by atoms with E-state index in [1.807, 2.05) is 25.1 Å². The second kappa shape index (κ2) is 10.9. The summed E-state index contributed by atoms with van der Waals surface area (Å²) in [5.74, 6) is 1.29. The topological polar surface area (TPSA) is 157 Å². The fraction of sp³-hybridized carbons (Fsp3) is 0.143. The molecule has 0 radical (unpaired) electrons. The van der Waals surface area contributed by atoms with Gasteiger partial charge in [-0.25, -0.2) is 28.2 Å². The Bertz CT molecular complexity index is 1870. The van der Waals surface area contributed by atoms with Crippen molar-refractivity contribution in [3.63, 3.8) is 0 Å². The van der Waals surface area contributed by atoms with E-state index >= 15 is 0 Å². The number of fused-ring (bicyclic) bond motifs is 1. The van der Waals surface area contributed by atoms with Crippen LogP contribution in [0.2, 0.25) is 0 Å². The number of aromatic nitrogens is 4. The predicted octanol–water partition coefficient (Wildman–Crippen LogP) is 3.99. The van der Waals surface area contributed by atoms with Crippen LogP contribution in [0.1, 0.15) is 21.5 Å². The maximum absolute atomic E-state index is 13.2. The summed E-state index contributed by atoms with van der Waals surface area (Å²) in [5, 5.41) is 13.0. The number of amides is 1. The summed E-state index contributed by atoms with van der Waals surface area (Å²) >= 11 is 0. The van der Waals surface area contributed by atoms with Crippen LogP contribution in [0.4, 0.5) is 23.4 Å². The van der Waals surface area contributed by atoms with E-state index < -0.39 is 10.0 Å². The van der Waals surface area contributed by atoms with Gasteiger partial charge in [-0.2, -0.15) is 4.98 Å². The van der Waals surface area contributed by atoms with Gasteiger partial charge >= 0.3 is 0 Å². The van der Waals surface area contributed by atoms with E-state index in [0.29, 0.717) is 39.8 Å². The molecule has 0 atom stereocenters. The van der Waals surface area contributed by atoms with Gasteiger partial charge in [0.25, 0.3) is 5.91 Å². The average molecular weight is 573 g/mol. The van der Waals surface area contributed by atoms with Crippen LogP contribution in [0.15, 0.2) is 77.8 Å². The maximum Gasteiger partial charge on any atom is 0.258 e. The van der Waals surface area contributed by atoms with Crippen LogP contribution in [-0.4, -0.2) is 48.1 Å². The Morgan fingerprint density at radius 1 is 1.00 bits per heavy atom. The Balaban J connectivity index is 1.50. The molecule has 0 aliphatic heterocycles. The number of carbonyl (C=O) groups is 1. The highest BCUT2D eigenvalue weighted by Gasteiger charge is 2.20. The molecule has 1 amide bonds. The largest absolute Gasteiger partial charge is 0.497 e. The Hall–Kier alpha value is -5.01. The normalized spacial score (nSPS) is 11.3. The lowest BCUT2D eigenvalue weighted by molar-refractivity contribution is 0.102. The van der Waals surface area contributed by atoms with Gasteiger partial charge in [-0.1, -0.05) is 18.2 Å². The number of anilines is 4. The number of nitrogens with two attached hydrogens (primary N) is 1. The quantitative estimate of drug-likeness (QED) is 0.250. The summed E-state index contributed by atoms with van der Waals surface area (Å²) in [7, 11) is -0.559. The van der Waals surface area contributed by atoms with E-state index in [-0.39, 0.29) is 16.8 Å². The number of nitrogens with zero attached hydrogens (tertiary/aromatic N) is 5. The first-order valence-electron chi connectivity index (χ1n) is 12.5. The van der Waals surface area contributed by atoms with Crippen molar-refractivity contribution in [3.8, 4) is 5.75 Å². The van der Waals surface area contributed by atoms with E-state index in [1.165, 1.54) is 6.07 Å². The number of imidazole rings is 1. The van der Waals surface area contributed by atoms with Gasteiger partial charge in [0, 0.05) is 30.6 Å². The summed E-state index contributed by atoms with van der Waals surface area (Å²) in [6, 6.07) is 19.0. The molecule has 0 aliphatic rings. The molecule has 41 heavy (non-hydrogen) atoms. The molecule has 0 saturated carbocycles. The highest BCUT2D eigenvalue weighted by atomic mass is 32.2. The molecule has 4 N–H and O–H groups in total. The highest BCUT2D eigenvalue weighted by molar-refractivity contribution is 7.89. The van der Waals surface area contributed by atoms with E-state index in [0.717, 1.165) is 11.1 Å². The Morgan fingerprint density at radius 3 is 2.46 bits per heavy atom. The first kappa shape index (κ1) is 27.6. The predicted molar refractivity (Wildman–Crippen MR) is 157 cm³/mol. The monoisotopic (exact) mass is 572 g/mol. The summed E-state index contributed by atoms with van der Waals surface area (Å²) in [6.45, 7) is 3.61. The molecule has 0 unspecified atom stereocenters. The van der Waals surface area contributed by atoms with E-state index in [9.17, 15) is 13.2 Å². The molecule has 5 aromatic rings. The van der Waals surface area contributed by atoms with Gasteiger partial charge in [-0.15, -0.1) is 0 Å². The van der Waals surface area contributed by atoms with Crippen LogP contribution in [0.25, 0.3) is 11.0 Å². The third-order valence-electron chi connectivity index (χ3n) is 6.46. The fourth-order valence-electron chi connectivity index (χ4n) is 4.33. The highest BCUT2D eigenvalue weighted by Crippen LogP contribution is 2.27. The number of carbonyl (C=O) groups excluding carboxylic acids is 1. The Kier molecular flexibility index (Phi) is 7.30. The van der Waals surface area contributed by atoms with Crippen molar-refractivity contribution in [1.82, 2.24) is 19.6 Å². The van der Waals surface area contributed by atoms with Crippen LogP contribution in [0, 0.1) is 13.8 Å². The number of primary sulfonamides is 1. The number of hydrogen-bond acceptors (Lipinski definition) is 9. The molecule has 13 heteroatoms. The number of hydrogen-bond donors (Lipinski definition) is 3. The molecule has 210 valence electrons. The number of benzene rings is 3. The lowest BCUT2D eigenvalue weighted by atomic mass is 10.2. The third-order valence-corrected chi connectivity index (χ3v) is 7.52. The third kappa shape index (κ3) is 5.66. The lowest BCUT2D eigenvalue weighted by Gasteiger charge is -2.23. The molecule has 0 bridgehead atoms. The number of para-hydroxylation sites is 1. The van der Waals surface area contributed by atoms with Gasteiger partial charge in [-0.05, 0) is 67.4 Å². The van der Waals surface area contributed by atoms with E-state index in [4.69, 9.17) is 14.9 Å². The SMILES string of the molecule is COc1ccc(C(=O)Nc2nc3c(C)cccc3n2N(C)c2ccnc(Nc3ccc(C)c(S(N)(=O)=O)c3)n2)cc1. The molecule has 2 heterocycles. The number of ether oxygens (including phenoxy) is 1. The van der Waals surface area contributed by atoms with Gasteiger partial charge in [0.2, 0.25) is 21.9 Å². The molecular weight excluding hydrogens is 544 g/mol. The van der Waals surface area contributed by atoms with Crippen LogP contribution >= 0.6 is 0 Å². The minimum atomic E-state index is -3.90. The van der Waals surface area contributed by atoms with Crippen molar-refractivity contribution in [1.29, 1.82) is 0 Å². The van der Waals surface area contributed by atoms with Crippen LogP contribution in [0.3, 0.4) is 0 Å². The summed E-state index contributed by atoms with van der Waals surface area (Å²) < 4.78 is 30.9. The van der Waals surface area contributed by atoms with Crippen molar-refractivity contribution < 1.29 is 17.9 Å². The second-order valence-corrected chi connectivity index (χ2v) is 10.8. The lowest BCUT2D eigenvalue weighted by Crippen LogP contribution is -2.28. The number of nitrogens with one attached hydrogen (secondary N) is 2. The van der Waals surface area contributed by atoms with Crippen molar-refractivity contribution in [3.05, 3.63) is 89.6 Å². The van der Waals surface area contributed by atoms with E-state index in [1.54, 1.807) is 79.4 Å². The van der Waals surface area contributed by atoms with Gasteiger partial charge < -0.3 is 10.1 Å². The summed E-state index contributed by atoms with van der Waals surface area (Å²) in [4.78, 5) is 26.8. The molecule has 12 nitrogen and oxygen atoms in total. The smallest absolute Gasteiger partial charge is 0.258 e. The molecule has 0 spiro atoms. The maximum atomic E-state index is 13.2. The fourth-order valence-corrected chi connectivity index (χ4v) is 5.14. The van der Waals surface area contributed by atoms with Crippen LogP contribution < -0.4 is 25.5 Å². The van der Waals surface area contributed by atoms with Crippen molar-refractivity contribution in [2.45, 2.75) is 18.7 Å². The second-order valence-electron chi connectivity index (χ2n) is 9.28. The number of sulfonamides is 1. The minimum Gasteiger partial charge on any atom is -0.497 e. The Labute approximate surface area is 236 Å². The molecule has 5 rings (SSSR count). The molecule has 0 aliphatic carbocycles. The zero-order chi connectivity index (χ0) is 29.3. The van der Waals surface area contributed by atoms with Crippen LogP contribution in [0.5, 0.6) is 5.75 Å². The summed E-state index contributed by atoms with van der Waals surface area (Å²) in [5.41, 5.74) is 3.82. The number of aryl methyl sites for hydroxylation is 2. The van der Waals surface area contributed by atoms with E-state index in [2.05, 4.69) is 20.6 Å². The van der Waals surface area contributed by atoms with Crippen molar-refractivity contribution in [2.75, 3.05) is 29.8 Å². The molecule has 0 fully saturated rings. The molecule has 0 saturated heterocycles. The standard InChI is InChI=1S/C28H28N8O4S/c1-17-8-11-20(16-23(17)41(29,38)39)31-27-30-15-14-24(32-27)35(3)36-22-7-5-6-18(2)25(22)33-28(36)34-26(37)19-9-12-21(40-4)13-10-19/h5-16H,1-4H3,(H2,29,38,39)(H,30,31,32)(H,33,34,37). The average Bonchev–Trinajstić information content (AvgIpc) is 3.32. The van der Waals surface area contributed by atoms with Gasteiger partial charge in [0.05, 0.1) is 23.0 Å². The molecular formula is C28H28N8O4S.